The van der Waals surface area contributed by atoms with Crippen LogP contribution in [0.15, 0.2) is 0 Å². The van der Waals surface area contributed by atoms with Crippen LogP contribution in [-0.4, -0.2) is 29.3 Å². The van der Waals surface area contributed by atoms with Gasteiger partial charge in [-0.05, 0) is 24.7 Å². The van der Waals surface area contributed by atoms with Crippen molar-refractivity contribution in [1.82, 2.24) is 0 Å². The number of aliphatic hydroxyl groups is 1. The standard InChI is InChI=1S/C10H17NO3/c1-3-14-9(13)10(11)4-6(12)7-5(2)8(7)10/h5-8,12H,3-4,11H2,1-2H3/t5-,6-,7+,8+,10-/m0/s1. The van der Waals surface area contributed by atoms with Gasteiger partial charge in [0.05, 0.1) is 12.7 Å². The van der Waals surface area contributed by atoms with E-state index < -0.39 is 11.6 Å². The van der Waals surface area contributed by atoms with E-state index in [0.29, 0.717) is 18.9 Å². The third-order valence-electron chi connectivity index (χ3n) is 3.69. The van der Waals surface area contributed by atoms with Crippen molar-refractivity contribution in [2.75, 3.05) is 6.61 Å². The highest BCUT2D eigenvalue weighted by Gasteiger charge is 2.69. The monoisotopic (exact) mass is 199 g/mol. The Kier molecular flexibility index (Phi) is 2.08. The Bertz CT molecular complexity index is 268. The molecule has 0 unspecified atom stereocenters. The molecule has 0 aliphatic heterocycles. The predicted octanol–water partition coefficient (Wildman–Crippen LogP) is -0.106. The lowest BCUT2D eigenvalue weighted by atomic mass is 9.91. The number of carbonyl (C=O) groups is 1. The van der Waals surface area contributed by atoms with Crippen molar-refractivity contribution in [2.24, 2.45) is 23.5 Å². The zero-order chi connectivity index (χ0) is 10.5. The molecule has 0 saturated heterocycles. The highest BCUT2D eigenvalue weighted by molar-refractivity contribution is 5.82. The van der Waals surface area contributed by atoms with E-state index in [1.54, 1.807) is 6.92 Å². The maximum absolute atomic E-state index is 11.6. The molecule has 14 heavy (non-hydrogen) atoms. The molecule has 0 bridgehead atoms. The normalized spacial score (nSPS) is 50.0. The third kappa shape index (κ3) is 1.10. The van der Waals surface area contributed by atoms with Gasteiger partial charge in [0.2, 0.25) is 0 Å². The molecule has 0 aromatic heterocycles. The first kappa shape index (κ1) is 9.93. The molecule has 4 nitrogen and oxygen atoms in total. The summed E-state index contributed by atoms with van der Waals surface area (Å²) in [6.45, 7) is 4.14. The van der Waals surface area contributed by atoms with Crippen LogP contribution < -0.4 is 5.73 Å². The maximum atomic E-state index is 11.6. The zero-order valence-electron chi connectivity index (χ0n) is 8.56. The molecule has 2 rings (SSSR count). The summed E-state index contributed by atoms with van der Waals surface area (Å²) in [5.41, 5.74) is 5.09. The van der Waals surface area contributed by atoms with E-state index in [4.69, 9.17) is 10.5 Å². The lowest BCUT2D eigenvalue weighted by Gasteiger charge is -2.25. The minimum absolute atomic E-state index is 0.122. The van der Waals surface area contributed by atoms with Crippen LogP contribution in [0.1, 0.15) is 20.3 Å². The van der Waals surface area contributed by atoms with E-state index in [-0.39, 0.29) is 17.8 Å². The first-order valence-electron chi connectivity index (χ1n) is 5.16. The second kappa shape index (κ2) is 2.94. The summed E-state index contributed by atoms with van der Waals surface area (Å²) in [5.74, 6) is 0.338. The first-order chi connectivity index (χ1) is 6.52. The van der Waals surface area contributed by atoms with Crippen molar-refractivity contribution in [3.05, 3.63) is 0 Å². The highest BCUT2D eigenvalue weighted by Crippen LogP contribution is 2.61. The van der Waals surface area contributed by atoms with E-state index in [9.17, 15) is 9.90 Å². The Morgan fingerprint density at radius 2 is 2.36 bits per heavy atom. The summed E-state index contributed by atoms with van der Waals surface area (Å²) in [5, 5.41) is 9.67. The molecule has 3 N–H and O–H groups in total. The Morgan fingerprint density at radius 3 is 2.79 bits per heavy atom. The SMILES string of the molecule is CCOC(=O)[C@]1(N)C[C@H](O)[C@H]2[C@H](C)[C@H]21. The average molecular weight is 199 g/mol. The van der Waals surface area contributed by atoms with Crippen LogP contribution in [0.25, 0.3) is 0 Å². The Morgan fingerprint density at radius 1 is 1.71 bits per heavy atom. The lowest BCUT2D eigenvalue weighted by molar-refractivity contribution is -0.151. The zero-order valence-corrected chi connectivity index (χ0v) is 8.56. The van der Waals surface area contributed by atoms with E-state index in [1.165, 1.54) is 0 Å². The summed E-state index contributed by atoms with van der Waals surface area (Å²) in [7, 11) is 0. The second-order valence-corrected chi connectivity index (χ2v) is 4.49. The van der Waals surface area contributed by atoms with Crippen molar-refractivity contribution in [3.63, 3.8) is 0 Å². The molecular weight excluding hydrogens is 182 g/mol. The van der Waals surface area contributed by atoms with Gasteiger partial charge >= 0.3 is 5.97 Å². The molecule has 0 heterocycles. The van der Waals surface area contributed by atoms with E-state index in [2.05, 4.69) is 0 Å². The Labute approximate surface area is 83.4 Å². The first-order valence-corrected chi connectivity index (χ1v) is 5.16. The molecule has 2 saturated carbocycles. The van der Waals surface area contributed by atoms with Gasteiger partial charge in [-0.2, -0.15) is 0 Å². The lowest BCUT2D eigenvalue weighted by Crippen LogP contribution is -2.51. The van der Waals surface area contributed by atoms with E-state index >= 15 is 0 Å². The summed E-state index contributed by atoms with van der Waals surface area (Å²) in [6, 6.07) is 0. The second-order valence-electron chi connectivity index (χ2n) is 4.49. The highest BCUT2D eigenvalue weighted by atomic mass is 16.5. The minimum Gasteiger partial charge on any atom is -0.465 e. The molecule has 0 aromatic carbocycles. The number of hydrogen-bond acceptors (Lipinski definition) is 4. The molecule has 5 atom stereocenters. The number of carbonyl (C=O) groups excluding carboxylic acids is 1. The average Bonchev–Trinajstić information content (AvgIpc) is 2.68. The molecular formula is C10H17NO3. The smallest absolute Gasteiger partial charge is 0.326 e. The number of hydrogen-bond donors (Lipinski definition) is 2. The molecule has 0 aromatic rings. The molecule has 0 amide bonds. The van der Waals surface area contributed by atoms with Gasteiger partial charge in [0, 0.05) is 6.42 Å². The molecule has 0 radical (unpaired) electrons. The Hall–Kier alpha value is -0.610. The van der Waals surface area contributed by atoms with Gasteiger partial charge < -0.3 is 15.6 Å². The van der Waals surface area contributed by atoms with Crippen LogP contribution in [0.4, 0.5) is 0 Å². The van der Waals surface area contributed by atoms with Crippen LogP contribution in [0, 0.1) is 17.8 Å². The van der Waals surface area contributed by atoms with Crippen LogP contribution >= 0.6 is 0 Å². The molecule has 2 fully saturated rings. The molecule has 2 aliphatic carbocycles. The van der Waals surface area contributed by atoms with Gasteiger partial charge in [0.1, 0.15) is 5.54 Å². The minimum atomic E-state index is -0.931. The van der Waals surface area contributed by atoms with Crippen molar-refractivity contribution >= 4 is 5.97 Å². The quantitative estimate of drug-likeness (QED) is 0.609. The predicted molar refractivity (Wildman–Crippen MR) is 50.3 cm³/mol. The maximum Gasteiger partial charge on any atom is 0.326 e. The van der Waals surface area contributed by atoms with Crippen molar-refractivity contribution < 1.29 is 14.6 Å². The van der Waals surface area contributed by atoms with Crippen LogP contribution in [0.2, 0.25) is 0 Å². The fourth-order valence-corrected chi connectivity index (χ4v) is 3.00. The third-order valence-corrected chi connectivity index (χ3v) is 3.69. The van der Waals surface area contributed by atoms with E-state index in [0.717, 1.165) is 0 Å². The topological polar surface area (TPSA) is 72.5 Å². The van der Waals surface area contributed by atoms with Gasteiger partial charge in [-0.25, -0.2) is 0 Å². The fourth-order valence-electron chi connectivity index (χ4n) is 3.00. The molecule has 2 aliphatic rings. The van der Waals surface area contributed by atoms with Gasteiger partial charge in [0.15, 0.2) is 0 Å². The summed E-state index contributed by atoms with van der Waals surface area (Å²) in [6.07, 6.45) is -0.0738. The number of aliphatic hydroxyl groups excluding tert-OH is 1. The van der Waals surface area contributed by atoms with Crippen molar-refractivity contribution in [2.45, 2.75) is 31.9 Å². The van der Waals surface area contributed by atoms with Crippen LogP contribution in [0.3, 0.4) is 0 Å². The molecule has 4 heteroatoms. The number of ether oxygens (including phenoxy) is 1. The van der Waals surface area contributed by atoms with Gasteiger partial charge in [-0.1, -0.05) is 6.92 Å². The largest absolute Gasteiger partial charge is 0.465 e. The van der Waals surface area contributed by atoms with Crippen molar-refractivity contribution in [3.8, 4) is 0 Å². The summed E-state index contributed by atoms with van der Waals surface area (Å²) in [4.78, 5) is 11.6. The summed E-state index contributed by atoms with van der Waals surface area (Å²) >= 11 is 0. The van der Waals surface area contributed by atoms with Crippen LogP contribution in [-0.2, 0) is 9.53 Å². The Balaban J connectivity index is 2.13. The van der Waals surface area contributed by atoms with Gasteiger partial charge in [0.25, 0.3) is 0 Å². The number of nitrogens with two attached hydrogens (primary N) is 1. The van der Waals surface area contributed by atoms with Gasteiger partial charge in [-0.15, -0.1) is 0 Å². The fraction of sp³-hybridized carbons (Fsp3) is 0.900. The van der Waals surface area contributed by atoms with E-state index in [1.807, 2.05) is 6.92 Å². The van der Waals surface area contributed by atoms with Gasteiger partial charge in [-0.3, -0.25) is 4.79 Å². The molecule has 0 spiro atoms. The number of esters is 1. The number of rotatable bonds is 2. The van der Waals surface area contributed by atoms with Crippen molar-refractivity contribution in [1.29, 1.82) is 0 Å². The molecule has 80 valence electrons. The summed E-state index contributed by atoms with van der Waals surface area (Å²) < 4.78 is 4.95. The number of fused-ring (bicyclic) bond motifs is 1. The van der Waals surface area contributed by atoms with Crippen LogP contribution in [0.5, 0.6) is 0 Å².